The average Bonchev–Trinajstić information content (AvgIpc) is 2.45. The summed E-state index contributed by atoms with van der Waals surface area (Å²) in [5.41, 5.74) is 0.00926. The van der Waals surface area contributed by atoms with E-state index < -0.39 is 11.6 Å². The van der Waals surface area contributed by atoms with E-state index in [1.165, 1.54) is 6.07 Å². The zero-order valence-electron chi connectivity index (χ0n) is 5.21. The first-order valence-corrected chi connectivity index (χ1v) is 3.62. The van der Waals surface area contributed by atoms with Crippen LogP contribution in [0.15, 0.2) is 12.1 Å². The van der Waals surface area contributed by atoms with E-state index in [4.69, 9.17) is 0 Å². The predicted molar refractivity (Wildman–Crippen MR) is 37.3 cm³/mol. The Morgan fingerprint density at radius 3 is 2.91 bits per heavy atom. The Kier molecular flexibility index (Phi) is 1.32. The number of halogens is 2. The maximum atomic E-state index is 12.8. The number of hydrogen-bond donors (Lipinski definition) is 0. The van der Waals surface area contributed by atoms with Crippen LogP contribution in [0.25, 0.3) is 10.2 Å². The lowest BCUT2D eigenvalue weighted by Crippen LogP contribution is -1.83. The topological polar surface area (TPSA) is 25.8 Å². The summed E-state index contributed by atoms with van der Waals surface area (Å²) in [6.07, 6.45) is 0. The standard InChI is InChI=1S/C6H2F2N2S/c7-3-1-2-4-6(5(3)8)9-10-11-4/h1-2H. The van der Waals surface area contributed by atoms with E-state index in [-0.39, 0.29) is 5.52 Å². The quantitative estimate of drug-likeness (QED) is 0.607. The van der Waals surface area contributed by atoms with Crippen LogP contribution in [-0.2, 0) is 0 Å². The van der Waals surface area contributed by atoms with E-state index in [9.17, 15) is 8.78 Å². The molecule has 1 aromatic carbocycles. The van der Waals surface area contributed by atoms with Gasteiger partial charge in [0.15, 0.2) is 11.6 Å². The molecule has 56 valence electrons. The lowest BCUT2D eigenvalue weighted by atomic mass is 10.3. The molecule has 2 rings (SSSR count). The molecule has 0 spiro atoms. The summed E-state index contributed by atoms with van der Waals surface area (Å²) in [5, 5.41) is 3.43. The Hall–Kier alpha value is -1.10. The average molecular weight is 172 g/mol. The second kappa shape index (κ2) is 2.20. The summed E-state index contributed by atoms with van der Waals surface area (Å²) in [5.74, 6) is -1.80. The molecule has 0 saturated carbocycles. The molecule has 2 nitrogen and oxygen atoms in total. The van der Waals surface area contributed by atoms with Gasteiger partial charge in [-0.25, -0.2) is 8.78 Å². The summed E-state index contributed by atoms with van der Waals surface area (Å²) in [7, 11) is 0. The Morgan fingerprint density at radius 2 is 2.09 bits per heavy atom. The Labute approximate surface area is 64.6 Å². The Balaban J connectivity index is 2.93. The molecule has 0 amide bonds. The molecule has 11 heavy (non-hydrogen) atoms. The van der Waals surface area contributed by atoms with Crippen LogP contribution in [0.5, 0.6) is 0 Å². The van der Waals surface area contributed by atoms with E-state index in [2.05, 4.69) is 9.59 Å². The number of benzene rings is 1. The van der Waals surface area contributed by atoms with Crippen LogP contribution < -0.4 is 0 Å². The molecule has 0 saturated heterocycles. The molecule has 0 aliphatic carbocycles. The highest BCUT2D eigenvalue weighted by Gasteiger charge is 2.09. The van der Waals surface area contributed by atoms with Crippen molar-refractivity contribution in [3.8, 4) is 0 Å². The first-order valence-electron chi connectivity index (χ1n) is 2.85. The SMILES string of the molecule is Fc1ccc2snnc2c1F. The van der Waals surface area contributed by atoms with Gasteiger partial charge in [-0.3, -0.25) is 0 Å². The van der Waals surface area contributed by atoms with Gasteiger partial charge in [-0.15, -0.1) is 5.10 Å². The van der Waals surface area contributed by atoms with Gasteiger partial charge >= 0.3 is 0 Å². The molecule has 2 aromatic rings. The lowest BCUT2D eigenvalue weighted by molar-refractivity contribution is 0.515. The van der Waals surface area contributed by atoms with Crippen LogP contribution in [0, 0.1) is 11.6 Å². The van der Waals surface area contributed by atoms with Crippen LogP contribution in [0.2, 0.25) is 0 Å². The van der Waals surface area contributed by atoms with Crippen molar-refractivity contribution in [2.24, 2.45) is 0 Å². The molecular weight excluding hydrogens is 170 g/mol. The highest BCUT2D eigenvalue weighted by atomic mass is 32.1. The summed E-state index contributed by atoms with van der Waals surface area (Å²) in [4.78, 5) is 0. The number of aromatic nitrogens is 2. The minimum atomic E-state index is -0.920. The second-order valence-electron chi connectivity index (χ2n) is 1.98. The molecule has 0 aliphatic rings. The van der Waals surface area contributed by atoms with Crippen molar-refractivity contribution in [1.82, 2.24) is 9.59 Å². The molecule has 0 fully saturated rings. The summed E-state index contributed by atoms with van der Waals surface area (Å²) >= 11 is 1.04. The van der Waals surface area contributed by atoms with Gasteiger partial charge < -0.3 is 0 Å². The monoisotopic (exact) mass is 172 g/mol. The minimum Gasteiger partial charge on any atom is -0.204 e. The van der Waals surface area contributed by atoms with Crippen molar-refractivity contribution in [3.63, 3.8) is 0 Å². The fourth-order valence-electron chi connectivity index (χ4n) is 0.794. The third-order valence-corrected chi connectivity index (χ3v) is 2.00. The molecule has 0 bridgehead atoms. The Morgan fingerprint density at radius 1 is 1.27 bits per heavy atom. The third kappa shape index (κ3) is 0.883. The minimum absolute atomic E-state index is 0.00926. The Bertz CT molecular complexity index is 398. The van der Waals surface area contributed by atoms with Gasteiger partial charge in [0.1, 0.15) is 5.52 Å². The van der Waals surface area contributed by atoms with Crippen molar-refractivity contribution >= 4 is 21.7 Å². The number of nitrogens with zero attached hydrogens (tertiary/aromatic N) is 2. The van der Waals surface area contributed by atoms with Crippen LogP contribution in [0.4, 0.5) is 8.78 Å². The van der Waals surface area contributed by atoms with Crippen LogP contribution >= 0.6 is 11.5 Å². The molecule has 1 aromatic heterocycles. The molecule has 0 atom stereocenters. The number of hydrogen-bond acceptors (Lipinski definition) is 3. The van der Waals surface area contributed by atoms with E-state index >= 15 is 0 Å². The van der Waals surface area contributed by atoms with Crippen molar-refractivity contribution in [2.45, 2.75) is 0 Å². The summed E-state index contributed by atoms with van der Waals surface area (Å²) in [6.45, 7) is 0. The van der Waals surface area contributed by atoms with Crippen LogP contribution in [-0.4, -0.2) is 9.59 Å². The first kappa shape index (κ1) is 6.60. The maximum absolute atomic E-state index is 12.8. The first-order chi connectivity index (χ1) is 5.29. The summed E-state index contributed by atoms with van der Waals surface area (Å²) in [6, 6.07) is 2.52. The third-order valence-electron chi connectivity index (χ3n) is 1.31. The van der Waals surface area contributed by atoms with Gasteiger partial charge in [0, 0.05) is 0 Å². The molecule has 1 heterocycles. The van der Waals surface area contributed by atoms with Crippen molar-refractivity contribution in [3.05, 3.63) is 23.8 Å². The molecule has 0 aliphatic heterocycles. The number of rotatable bonds is 0. The van der Waals surface area contributed by atoms with Gasteiger partial charge in [-0.05, 0) is 23.7 Å². The van der Waals surface area contributed by atoms with Gasteiger partial charge in [0.2, 0.25) is 0 Å². The van der Waals surface area contributed by atoms with E-state index in [0.717, 1.165) is 17.6 Å². The van der Waals surface area contributed by atoms with Crippen molar-refractivity contribution in [1.29, 1.82) is 0 Å². The fourth-order valence-corrected chi connectivity index (χ4v) is 1.35. The van der Waals surface area contributed by atoms with Gasteiger partial charge in [-0.1, -0.05) is 4.49 Å². The second-order valence-corrected chi connectivity index (χ2v) is 2.77. The highest BCUT2D eigenvalue weighted by Crippen LogP contribution is 2.19. The normalized spacial score (nSPS) is 10.7. The number of fused-ring (bicyclic) bond motifs is 1. The van der Waals surface area contributed by atoms with E-state index in [1.54, 1.807) is 0 Å². The van der Waals surface area contributed by atoms with Gasteiger partial charge in [0.05, 0.1) is 4.70 Å². The largest absolute Gasteiger partial charge is 0.204 e. The smallest absolute Gasteiger partial charge is 0.187 e. The summed E-state index contributed by atoms with van der Waals surface area (Å²) < 4.78 is 29.3. The molecule has 0 radical (unpaired) electrons. The zero-order valence-corrected chi connectivity index (χ0v) is 6.03. The zero-order chi connectivity index (χ0) is 7.84. The maximum Gasteiger partial charge on any atom is 0.187 e. The molecular formula is C6H2F2N2S. The van der Waals surface area contributed by atoms with Crippen LogP contribution in [0.3, 0.4) is 0 Å². The lowest BCUT2D eigenvalue weighted by Gasteiger charge is -1.89. The van der Waals surface area contributed by atoms with Gasteiger partial charge in [0.25, 0.3) is 0 Å². The van der Waals surface area contributed by atoms with Crippen molar-refractivity contribution < 1.29 is 8.78 Å². The van der Waals surface area contributed by atoms with E-state index in [0.29, 0.717) is 4.70 Å². The molecule has 5 heteroatoms. The predicted octanol–water partition coefficient (Wildman–Crippen LogP) is 1.97. The van der Waals surface area contributed by atoms with Crippen LogP contribution in [0.1, 0.15) is 0 Å². The molecule has 0 N–H and O–H groups in total. The fraction of sp³-hybridized carbons (Fsp3) is 0. The molecule has 0 unspecified atom stereocenters. The van der Waals surface area contributed by atoms with Gasteiger partial charge in [-0.2, -0.15) is 0 Å². The highest BCUT2D eigenvalue weighted by molar-refractivity contribution is 7.12. The van der Waals surface area contributed by atoms with Crippen molar-refractivity contribution in [2.75, 3.05) is 0 Å². The van der Waals surface area contributed by atoms with E-state index in [1.807, 2.05) is 0 Å².